The Morgan fingerprint density at radius 1 is 1.06 bits per heavy atom. The fourth-order valence-corrected chi connectivity index (χ4v) is 4.27. The molecule has 0 aliphatic rings. The molecule has 4 aromatic rings. The average Bonchev–Trinajstić information content (AvgIpc) is 3.20. The number of hydrogen-bond donors (Lipinski definition) is 1. The van der Waals surface area contributed by atoms with Crippen LogP contribution in [0.2, 0.25) is 0 Å². The molecule has 0 fully saturated rings. The van der Waals surface area contributed by atoms with Gasteiger partial charge in [0.1, 0.15) is 11.9 Å². The molecular formula is C23H21N5O2S. The number of sulfonamides is 1. The van der Waals surface area contributed by atoms with Crippen LogP contribution in [0.5, 0.6) is 0 Å². The Morgan fingerprint density at radius 3 is 2.42 bits per heavy atom. The largest absolute Gasteiger partial charge is 0.264 e. The molecule has 0 aliphatic carbocycles. The molecule has 0 saturated carbocycles. The third kappa shape index (κ3) is 4.00. The van der Waals surface area contributed by atoms with Crippen molar-refractivity contribution in [1.82, 2.24) is 14.6 Å². The molecule has 1 aromatic carbocycles. The summed E-state index contributed by atoms with van der Waals surface area (Å²) in [6.45, 7) is 6.21. The SMILES string of the molecule is CC(C)(C)c1ccc(S(=O)(=O)Nc2ccc(C#N)c3cc(-c4cccnc4)nn23)cc1. The van der Waals surface area contributed by atoms with Gasteiger partial charge in [0.2, 0.25) is 0 Å². The molecule has 4 rings (SSSR count). The number of anilines is 1. The Bertz CT molecular complexity index is 1390. The summed E-state index contributed by atoms with van der Waals surface area (Å²) in [4.78, 5) is 4.24. The van der Waals surface area contributed by atoms with E-state index in [-0.39, 0.29) is 16.1 Å². The average molecular weight is 432 g/mol. The van der Waals surface area contributed by atoms with Crippen molar-refractivity contribution in [1.29, 1.82) is 5.26 Å². The van der Waals surface area contributed by atoms with E-state index in [1.807, 2.05) is 18.2 Å². The first-order valence-electron chi connectivity index (χ1n) is 9.66. The predicted molar refractivity (Wildman–Crippen MR) is 119 cm³/mol. The summed E-state index contributed by atoms with van der Waals surface area (Å²) >= 11 is 0. The van der Waals surface area contributed by atoms with Gasteiger partial charge in [0.05, 0.1) is 21.7 Å². The molecule has 0 unspecified atom stereocenters. The zero-order valence-corrected chi connectivity index (χ0v) is 18.2. The van der Waals surface area contributed by atoms with Gasteiger partial charge in [0, 0.05) is 18.0 Å². The fourth-order valence-electron chi connectivity index (χ4n) is 3.23. The Kier molecular flexibility index (Phi) is 4.99. The van der Waals surface area contributed by atoms with Crippen molar-refractivity contribution >= 4 is 21.4 Å². The molecule has 0 atom stereocenters. The molecule has 3 heterocycles. The van der Waals surface area contributed by atoms with Gasteiger partial charge >= 0.3 is 0 Å². The fraction of sp³-hybridized carbons (Fsp3) is 0.174. The van der Waals surface area contributed by atoms with Crippen LogP contribution in [-0.4, -0.2) is 23.0 Å². The van der Waals surface area contributed by atoms with Crippen LogP contribution in [-0.2, 0) is 15.4 Å². The molecule has 0 saturated heterocycles. The van der Waals surface area contributed by atoms with Gasteiger partial charge in [0.15, 0.2) is 0 Å². The number of rotatable bonds is 4. The number of fused-ring (bicyclic) bond motifs is 1. The van der Waals surface area contributed by atoms with Gasteiger partial charge in [0.25, 0.3) is 10.0 Å². The highest BCUT2D eigenvalue weighted by Gasteiger charge is 2.20. The van der Waals surface area contributed by atoms with Crippen LogP contribution in [0.1, 0.15) is 31.9 Å². The highest BCUT2D eigenvalue weighted by Crippen LogP contribution is 2.27. The van der Waals surface area contributed by atoms with Crippen LogP contribution in [0.3, 0.4) is 0 Å². The van der Waals surface area contributed by atoms with Gasteiger partial charge in [-0.25, -0.2) is 12.9 Å². The van der Waals surface area contributed by atoms with Crippen LogP contribution >= 0.6 is 0 Å². The molecule has 0 amide bonds. The number of nitrogens with one attached hydrogen (secondary N) is 1. The topological polar surface area (TPSA) is 100 Å². The molecule has 0 radical (unpaired) electrons. The van der Waals surface area contributed by atoms with Gasteiger partial charge in [-0.1, -0.05) is 32.9 Å². The zero-order valence-electron chi connectivity index (χ0n) is 17.4. The van der Waals surface area contributed by atoms with E-state index in [0.29, 0.717) is 16.8 Å². The summed E-state index contributed by atoms with van der Waals surface area (Å²) in [6, 6.07) is 17.4. The third-order valence-corrected chi connectivity index (χ3v) is 6.34. The van der Waals surface area contributed by atoms with Crippen molar-refractivity contribution < 1.29 is 8.42 Å². The van der Waals surface area contributed by atoms with E-state index in [0.717, 1.165) is 11.1 Å². The van der Waals surface area contributed by atoms with E-state index < -0.39 is 10.0 Å². The van der Waals surface area contributed by atoms with Crippen LogP contribution in [0, 0.1) is 11.3 Å². The summed E-state index contributed by atoms with van der Waals surface area (Å²) in [7, 11) is -3.85. The minimum Gasteiger partial charge on any atom is -0.264 e. The van der Waals surface area contributed by atoms with Crippen LogP contribution in [0.15, 0.2) is 71.9 Å². The number of benzene rings is 1. The van der Waals surface area contributed by atoms with Crippen molar-refractivity contribution in [3.8, 4) is 17.3 Å². The Balaban J connectivity index is 1.76. The molecule has 31 heavy (non-hydrogen) atoms. The van der Waals surface area contributed by atoms with Crippen molar-refractivity contribution in [2.75, 3.05) is 4.72 Å². The van der Waals surface area contributed by atoms with Crippen LogP contribution < -0.4 is 4.72 Å². The normalized spacial score (nSPS) is 11.9. The third-order valence-electron chi connectivity index (χ3n) is 4.97. The Hall–Kier alpha value is -3.70. The molecule has 0 aliphatic heterocycles. The number of pyridine rings is 2. The molecule has 0 bridgehead atoms. The van der Waals surface area contributed by atoms with E-state index in [4.69, 9.17) is 0 Å². The minimum atomic E-state index is -3.85. The second kappa shape index (κ2) is 7.52. The van der Waals surface area contributed by atoms with Crippen LogP contribution in [0.25, 0.3) is 16.8 Å². The summed E-state index contributed by atoms with van der Waals surface area (Å²) in [5.41, 5.74) is 3.21. The quantitative estimate of drug-likeness (QED) is 0.517. The highest BCUT2D eigenvalue weighted by atomic mass is 32.2. The Labute approximate surface area is 181 Å². The minimum absolute atomic E-state index is 0.0766. The predicted octanol–water partition coefficient (Wildman–Crippen LogP) is 4.37. The number of nitriles is 1. The lowest BCUT2D eigenvalue weighted by molar-refractivity contribution is 0.587. The Morgan fingerprint density at radius 2 is 1.81 bits per heavy atom. The first-order chi connectivity index (χ1) is 14.7. The molecule has 7 nitrogen and oxygen atoms in total. The maximum atomic E-state index is 13.0. The summed E-state index contributed by atoms with van der Waals surface area (Å²) < 4.78 is 30.1. The second-order valence-electron chi connectivity index (χ2n) is 8.19. The van der Waals surface area contributed by atoms with E-state index in [1.54, 1.807) is 42.7 Å². The molecule has 1 N–H and O–H groups in total. The maximum absolute atomic E-state index is 13.0. The standard InChI is InChI=1S/C23H21N5O2S/c1-23(2,3)18-7-9-19(10-8-18)31(29,30)27-22-11-6-16(14-24)21-13-20(26-28(21)22)17-5-4-12-25-15-17/h4-13,15,27H,1-3H3. The molecular weight excluding hydrogens is 410 g/mol. The van der Waals surface area contributed by atoms with Gasteiger partial charge in [-0.15, -0.1) is 0 Å². The molecule has 3 aromatic heterocycles. The van der Waals surface area contributed by atoms with E-state index in [2.05, 4.69) is 41.6 Å². The van der Waals surface area contributed by atoms with E-state index in [1.165, 1.54) is 10.6 Å². The van der Waals surface area contributed by atoms with E-state index in [9.17, 15) is 13.7 Å². The first-order valence-corrected chi connectivity index (χ1v) is 11.1. The smallest absolute Gasteiger partial charge is 0.263 e. The zero-order chi connectivity index (χ0) is 22.2. The van der Waals surface area contributed by atoms with Crippen molar-refractivity contribution in [2.24, 2.45) is 0 Å². The monoisotopic (exact) mass is 431 g/mol. The van der Waals surface area contributed by atoms with Crippen molar-refractivity contribution in [2.45, 2.75) is 31.1 Å². The lowest BCUT2D eigenvalue weighted by atomic mass is 9.87. The number of hydrogen-bond acceptors (Lipinski definition) is 5. The number of aromatic nitrogens is 3. The first kappa shape index (κ1) is 20.6. The van der Waals surface area contributed by atoms with Crippen molar-refractivity contribution in [3.63, 3.8) is 0 Å². The van der Waals surface area contributed by atoms with Gasteiger partial charge < -0.3 is 0 Å². The molecule has 8 heteroatoms. The summed E-state index contributed by atoms with van der Waals surface area (Å²) in [5, 5.41) is 14.0. The second-order valence-corrected chi connectivity index (χ2v) is 9.87. The van der Waals surface area contributed by atoms with Crippen LogP contribution in [0.4, 0.5) is 5.82 Å². The summed E-state index contributed by atoms with van der Waals surface area (Å²) in [6.07, 6.45) is 3.32. The molecule has 156 valence electrons. The molecule has 0 spiro atoms. The van der Waals surface area contributed by atoms with Gasteiger partial charge in [-0.2, -0.15) is 10.4 Å². The highest BCUT2D eigenvalue weighted by molar-refractivity contribution is 7.92. The lowest BCUT2D eigenvalue weighted by Gasteiger charge is -2.19. The summed E-state index contributed by atoms with van der Waals surface area (Å²) in [5.74, 6) is 0.240. The van der Waals surface area contributed by atoms with E-state index >= 15 is 0 Å². The lowest BCUT2D eigenvalue weighted by Crippen LogP contribution is -2.17. The number of nitrogens with zero attached hydrogens (tertiary/aromatic N) is 4. The van der Waals surface area contributed by atoms with Gasteiger partial charge in [-0.05, 0) is 53.4 Å². The maximum Gasteiger partial charge on any atom is 0.263 e. The van der Waals surface area contributed by atoms with Gasteiger partial charge in [-0.3, -0.25) is 9.71 Å². The van der Waals surface area contributed by atoms with Crippen molar-refractivity contribution in [3.05, 3.63) is 78.1 Å².